The standard InChI is InChI=1S/C14H23NO/c1-11-4-3-7-14(8-11,10-15)9-13-6-5-12(2)16-13/h11-13H,3-9H2,1-2H3. The van der Waals surface area contributed by atoms with E-state index in [1.807, 2.05) is 0 Å². The summed E-state index contributed by atoms with van der Waals surface area (Å²) in [5.74, 6) is 0.715. The highest BCUT2D eigenvalue weighted by Gasteiger charge is 2.39. The van der Waals surface area contributed by atoms with Crippen LogP contribution in [0.4, 0.5) is 0 Å². The van der Waals surface area contributed by atoms with Crippen LogP contribution in [0.2, 0.25) is 0 Å². The molecule has 4 unspecified atom stereocenters. The van der Waals surface area contributed by atoms with E-state index >= 15 is 0 Å². The molecule has 0 N–H and O–H groups in total. The molecule has 0 amide bonds. The molecule has 0 spiro atoms. The first-order valence-electron chi connectivity index (χ1n) is 6.70. The van der Waals surface area contributed by atoms with E-state index < -0.39 is 0 Å². The highest BCUT2D eigenvalue weighted by Crippen LogP contribution is 2.44. The van der Waals surface area contributed by atoms with Gasteiger partial charge in [0, 0.05) is 0 Å². The van der Waals surface area contributed by atoms with E-state index in [-0.39, 0.29) is 5.41 Å². The van der Waals surface area contributed by atoms with E-state index in [2.05, 4.69) is 19.9 Å². The van der Waals surface area contributed by atoms with Crippen molar-refractivity contribution in [3.63, 3.8) is 0 Å². The maximum atomic E-state index is 9.48. The Balaban J connectivity index is 1.96. The predicted octanol–water partition coefficient (Wildman–Crippen LogP) is 3.66. The molecule has 2 nitrogen and oxygen atoms in total. The lowest BCUT2D eigenvalue weighted by molar-refractivity contribution is 0.0208. The fourth-order valence-corrected chi connectivity index (χ4v) is 3.46. The topological polar surface area (TPSA) is 33.0 Å². The Bertz CT molecular complexity index is 283. The Labute approximate surface area is 99.0 Å². The minimum absolute atomic E-state index is 0.0770. The molecular weight excluding hydrogens is 198 g/mol. The van der Waals surface area contributed by atoms with Gasteiger partial charge in [-0.1, -0.05) is 19.8 Å². The van der Waals surface area contributed by atoms with Crippen LogP contribution in [0, 0.1) is 22.7 Å². The second-order valence-electron chi connectivity index (χ2n) is 5.94. The monoisotopic (exact) mass is 221 g/mol. The van der Waals surface area contributed by atoms with E-state index in [9.17, 15) is 5.26 Å². The van der Waals surface area contributed by atoms with Gasteiger partial charge in [-0.25, -0.2) is 0 Å². The van der Waals surface area contributed by atoms with Crippen molar-refractivity contribution in [2.45, 2.75) is 71.0 Å². The molecule has 2 rings (SSSR count). The van der Waals surface area contributed by atoms with Gasteiger partial charge in [0.2, 0.25) is 0 Å². The van der Waals surface area contributed by atoms with Crippen LogP contribution in [0.5, 0.6) is 0 Å². The van der Waals surface area contributed by atoms with E-state index in [1.54, 1.807) is 0 Å². The van der Waals surface area contributed by atoms with Gasteiger partial charge in [0.15, 0.2) is 0 Å². The fraction of sp³-hybridized carbons (Fsp3) is 0.929. The molecule has 90 valence electrons. The number of rotatable bonds is 2. The van der Waals surface area contributed by atoms with Gasteiger partial charge in [-0.2, -0.15) is 5.26 Å². The van der Waals surface area contributed by atoms with Crippen LogP contribution in [0.15, 0.2) is 0 Å². The first-order chi connectivity index (χ1) is 7.63. The molecule has 2 aliphatic rings. The number of hydrogen-bond donors (Lipinski definition) is 0. The molecule has 1 saturated carbocycles. The lowest BCUT2D eigenvalue weighted by atomic mass is 9.68. The number of hydrogen-bond acceptors (Lipinski definition) is 2. The molecule has 1 saturated heterocycles. The highest BCUT2D eigenvalue weighted by atomic mass is 16.5. The Hall–Kier alpha value is -0.550. The Morgan fingerprint density at radius 1 is 1.31 bits per heavy atom. The molecule has 2 fully saturated rings. The van der Waals surface area contributed by atoms with Gasteiger partial charge in [0.05, 0.1) is 23.7 Å². The summed E-state index contributed by atoms with van der Waals surface area (Å²) in [5, 5.41) is 9.48. The summed E-state index contributed by atoms with van der Waals surface area (Å²) in [5.41, 5.74) is -0.0770. The van der Waals surface area contributed by atoms with Gasteiger partial charge in [-0.3, -0.25) is 0 Å². The number of ether oxygens (including phenoxy) is 1. The molecule has 0 aromatic rings. The van der Waals surface area contributed by atoms with Crippen molar-refractivity contribution in [1.29, 1.82) is 5.26 Å². The summed E-state index contributed by atoms with van der Waals surface area (Å²) < 4.78 is 5.88. The maximum absolute atomic E-state index is 9.48. The number of nitriles is 1. The summed E-state index contributed by atoms with van der Waals surface area (Å²) >= 11 is 0. The van der Waals surface area contributed by atoms with Gasteiger partial charge in [0.25, 0.3) is 0 Å². The Morgan fingerprint density at radius 3 is 2.69 bits per heavy atom. The van der Waals surface area contributed by atoms with Crippen molar-refractivity contribution >= 4 is 0 Å². The van der Waals surface area contributed by atoms with E-state index in [4.69, 9.17) is 4.74 Å². The highest BCUT2D eigenvalue weighted by molar-refractivity contribution is 5.03. The molecule has 0 aromatic heterocycles. The summed E-state index contributed by atoms with van der Waals surface area (Å²) in [6.45, 7) is 4.42. The van der Waals surface area contributed by atoms with Gasteiger partial charge in [-0.15, -0.1) is 0 Å². The summed E-state index contributed by atoms with van der Waals surface area (Å²) in [7, 11) is 0. The summed E-state index contributed by atoms with van der Waals surface area (Å²) in [6, 6.07) is 2.61. The van der Waals surface area contributed by atoms with Crippen molar-refractivity contribution in [2.75, 3.05) is 0 Å². The summed E-state index contributed by atoms with van der Waals surface area (Å²) in [4.78, 5) is 0. The molecule has 2 heteroatoms. The Morgan fingerprint density at radius 2 is 2.12 bits per heavy atom. The first kappa shape index (κ1) is 11.9. The van der Waals surface area contributed by atoms with Crippen LogP contribution >= 0.6 is 0 Å². The fourth-order valence-electron chi connectivity index (χ4n) is 3.46. The third-order valence-corrected chi connectivity index (χ3v) is 4.27. The zero-order valence-electron chi connectivity index (χ0n) is 10.5. The van der Waals surface area contributed by atoms with Crippen molar-refractivity contribution in [3.05, 3.63) is 0 Å². The van der Waals surface area contributed by atoms with Crippen molar-refractivity contribution < 1.29 is 4.74 Å². The van der Waals surface area contributed by atoms with Crippen molar-refractivity contribution in [1.82, 2.24) is 0 Å². The van der Waals surface area contributed by atoms with Crippen molar-refractivity contribution in [3.8, 4) is 6.07 Å². The van der Waals surface area contributed by atoms with E-state index in [0.717, 1.165) is 25.7 Å². The SMILES string of the molecule is CC1CCCC(C#N)(CC2CCC(C)O2)C1. The second kappa shape index (κ2) is 4.75. The van der Waals surface area contributed by atoms with Gasteiger partial charge in [-0.05, 0) is 44.9 Å². The largest absolute Gasteiger partial charge is 0.375 e. The molecule has 1 aliphatic carbocycles. The second-order valence-corrected chi connectivity index (χ2v) is 5.94. The molecule has 0 radical (unpaired) electrons. The van der Waals surface area contributed by atoms with Crippen molar-refractivity contribution in [2.24, 2.45) is 11.3 Å². The quantitative estimate of drug-likeness (QED) is 0.713. The Kier molecular flexibility index (Phi) is 3.54. The van der Waals surface area contributed by atoms with Gasteiger partial charge < -0.3 is 4.74 Å². The molecule has 0 bridgehead atoms. The van der Waals surface area contributed by atoms with Gasteiger partial charge >= 0.3 is 0 Å². The number of nitrogens with zero attached hydrogens (tertiary/aromatic N) is 1. The molecule has 16 heavy (non-hydrogen) atoms. The van der Waals surface area contributed by atoms with Crippen LogP contribution in [0.1, 0.15) is 58.8 Å². The van der Waals surface area contributed by atoms with Crippen LogP contribution in [-0.4, -0.2) is 12.2 Å². The van der Waals surface area contributed by atoms with E-state index in [1.165, 1.54) is 19.3 Å². The normalized spacial score (nSPS) is 44.2. The molecule has 0 aromatic carbocycles. The molecule has 1 heterocycles. The maximum Gasteiger partial charge on any atom is 0.0690 e. The zero-order chi connectivity index (χ0) is 11.6. The van der Waals surface area contributed by atoms with Crippen LogP contribution < -0.4 is 0 Å². The smallest absolute Gasteiger partial charge is 0.0690 e. The lowest BCUT2D eigenvalue weighted by Gasteiger charge is -2.35. The third-order valence-electron chi connectivity index (χ3n) is 4.27. The van der Waals surface area contributed by atoms with Crippen LogP contribution in [-0.2, 0) is 4.74 Å². The van der Waals surface area contributed by atoms with Crippen LogP contribution in [0.25, 0.3) is 0 Å². The van der Waals surface area contributed by atoms with E-state index in [0.29, 0.717) is 18.1 Å². The molecule has 4 atom stereocenters. The summed E-state index contributed by atoms with van der Waals surface area (Å²) in [6.07, 6.45) is 8.72. The van der Waals surface area contributed by atoms with Gasteiger partial charge in [0.1, 0.15) is 0 Å². The molecule has 1 aliphatic heterocycles. The average molecular weight is 221 g/mol. The predicted molar refractivity (Wildman–Crippen MR) is 63.9 cm³/mol. The third kappa shape index (κ3) is 2.58. The zero-order valence-corrected chi connectivity index (χ0v) is 10.5. The average Bonchev–Trinajstić information content (AvgIpc) is 2.64. The minimum atomic E-state index is -0.0770. The first-order valence-corrected chi connectivity index (χ1v) is 6.70. The molecular formula is C14H23NO. The van der Waals surface area contributed by atoms with Crippen LogP contribution in [0.3, 0.4) is 0 Å². The minimum Gasteiger partial charge on any atom is -0.375 e. The lowest BCUT2D eigenvalue weighted by Crippen LogP contribution is -2.30.